The molecule has 2 heterocycles. The van der Waals surface area contributed by atoms with Gasteiger partial charge in [0, 0.05) is 37.9 Å². The number of anilines is 1. The SMILES string of the molecule is CCCC[C@@H](C)N(CCNCCc1ccc(O)c2c1OCC(=O)N2)C(=O)CCOCCc1cccc(-c2cnn(C)c2)c1. The zero-order valence-electron chi connectivity index (χ0n) is 25.6. The largest absolute Gasteiger partial charge is 0.506 e. The van der Waals surface area contributed by atoms with Crippen LogP contribution >= 0.6 is 0 Å². The van der Waals surface area contributed by atoms with E-state index in [0.717, 1.165) is 42.4 Å². The van der Waals surface area contributed by atoms with E-state index < -0.39 is 0 Å². The molecule has 2 amide bonds. The number of aromatic hydroxyl groups is 1. The van der Waals surface area contributed by atoms with Crippen LogP contribution in [-0.4, -0.2) is 77.1 Å². The Morgan fingerprint density at radius 1 is 1.21 bits per heavy atom. The number of phenols is 1. The summed E-state index contributed by atoms with van der Waals surface area (Å²) >= 11 is 0. The maximum atomic E-state index is 13.2. The number of amides is 2. The lowest BCUT2D eigenvalue weighted by Gasteiger charge is -2.30. The lowest BCUT2D eigenvalue weighted by atomic mass is 10.0. The number of fused-ring (bicyclic) bond motifs is 1. The van der Waals surface area contributed by atoms with E-state index in [2.05, 4.69) is 53.8 Å². The molecule has 0 radical (unpaired) electrons. The van der Waals surface area contributed by atoms with Crippen molar-refractivity contribution in [2.45, 2.75) is 58.4 Å². The van der Waals surface area contributed by atoms with Crippen LogP contribution in [0.1, 0.15) is 50.7 Å². The van der Waals surface area contributed by atoms with E-state index in [0.29, 0.717) is 57.1 Å². The summed E-state index contributed by atoms with van der Waals surface area (Å²) in [5.41, 5.74) is 4.65. The van der Waals surface area contributed by atoms with Gasteiger partial charge in [-0.2, -0.15) is 5.10 Å². The first-order chi connectivity index (χ1) is 20.9. The minimum atomic E-state index is -0.281. The molecular formula is C33H45N5O5. The molecule has 4 rings (SSSR count). The second-order valence-electron chi connectivity index (χ2n) is 11.1. The molecule has 1 aliphatic rings. The highest BCUT2D eigenvalue weighted by Crippen LogP contribution is 2.39. The van der Waals surface area contributed by atoms with Crippen molar-refractivity contribution in [3.63, 3.8) is 0 Å². The van der Waals surface area contributed by atoms with Crippen LogP contribution in [0.4, 0.5) is 5.69 Å². The summed E-state index contributed by atoms with van der Waals surface area (Å²) in [7, 11) is 1.91. The van der Waals surface area contributed by atoms with Gasteiger partial charge in [0.25, 0.3) is 5.91 Å². The molecule has 0 saturated carbocycles. The molecule has 43 heavy (non-hydrogen) atoms. The average Bonchev–Trinajstić information content (AvgIpc) is 3.45. The molecule has 0 aliphatic carbocycles. The summed E-state index contributed by atoms with van der Waals surface area (Å²) in [6.45, 7) is 7.13. The molecule has 0 spiro atoms. The van der Waals surface area contributed by atoms with Crippen molar-refractivity contribution in [1.82, 2.24) is 20.0 Å². The Morgan fingerprint density at radius 3 is 2.86 bits per heavy atom. The Hall–Kier alpha value is -3.89. The highest BCUT2D eigenvalue weighted by molar-refractivity contribution is 5.97. The minimum absolute atomic E-state index is 0.00556. The number of ether oxygens (including phenoxy) is 2. The lowest BCUT2D eigenvalue weighted by molar-refractivity contribution is -0.134. The van der Waals surface area contributed by atoms with E-state index in [1.54, 1.807) is 10.7 Å². The summed E-state index contributed by atoms with van der Waals surface area (Å²) < 4.78 is 13.3. The van der Waals surface area contributed by atoms with Crippen molar-refractivity contribution in [3.8, 4) is 22.6 Å². The molecule has 0 saturated heterocycles. The van der Waals surface area contributed by atoms with E-state index in [4.69, 9.17) is 9.47 Å². The van der Waals surface area contributed by atoms with Crippen LogP contribution in [0.2, 0.25) is 0 Å². The Labute approximate surface area is 254 Å². The average molecular weight is 592 g/mol. The van der Waals surface area contributed by atoms with Crippen molar-refractivity contribution in [2.24, 2.45) is 7.05 Å². The molecule has 1 atom stereocenters. The fourth-order valence-corrected chi connectivity index (χ4v) is 5.28. The Bertz CT molecular complexity index is 1360. The van der Waals surface area contributed by atoms with Gasteiger partial charge >= 0.3 is 0 Å². The molecule has 0 bridgehead atoms. The van der Waals surface area contributed by atoms with Gasteiger partial charge in [-0.25, -0.2) is 0 Å². The van der Waals surface area contributed by atoms with Crippen molar-refractivity contribution in [1.29, 1.82) is 0 Å². The fraction of sp³-hybridized carbons (Fsp3) is 0.485. The molecule has 2 aromatic carbocycles. The third-order valence-corrected chi connectivity index (χ3v) is 7.72. The summed E-state index contributed by atoms with van der Waals surface area (Å²) in [6.07, 6.45) is 8.81. The van der Waals surface area contributed by atoms with E-state index in [1.165, 1.54) is 5.56 Å². The number of unbranched alkanes of at least 4 members (excludes halogenated alkanes) is 1. The van der Waals surface area contributed by atoms with Gasteiger partial charge in [-0.05, 0) is 55.5 Å². The molecule has 10 heteroatoms. The number of hydrogen-bond donors (Lipinski definition) is 3. The van der Waals surface area contributed by atoms with E-state index in [-0.39, 0.29) is 30.2 Å². The molecule has 0 fully saturated rings. The first-order valence-corrected chi connectivity index (χ1v) is 15.3. The van der Waals surface area contributed by atoms with Crippen LogP contribution in [0.5, 0.6) is 11.5 Å². The quantitative estimate of drug-likeness (QED) is 0.158. The number of carbonyl (C=O) groups excluding carboxylic acids is 2. The van der Waals surface area contributed by atoms with Crippen LogP contribution in [0, 0.1) is 0 Å². The van der Waals surface area contributed by atoms with Crippen molar-refractivity contribution < 1.29 is 24.2 Å². The maximum absolute atomic E-state index is 13.2. The molecule has 3 N–H and O–H groups in total. The van der Waals surface area contributed by atoms with Crippen LogP contribution in [0.3, 0.4) is 0 Å². The highest BCUT2D eigenvalue weighted by Gasteiger charge is 2.23. The molecule has 232 valence electrons. The standard InChI is InChI=1S/C33H45N5O5/c1-4-5-7-24(2)38(17-16-34-15-12-26-10-11-29(39)32-33(26)43-23-30(40)36-32)31(41)14-19-42-18-13-25-8-6-9-27(20-25)28-21-35-37(3)22-28/h6,8-11,20-22,24,34,39H,4-5,7,12-19,23H2,1-3H3,(H,36,40)/t24-/m1/s1. The predicted octanol–water partition coefficient (Wildman–Crippen LogP) is 4.31. The van der Waals surface area contributed by atoms with Crippen molar-refractivity contribution in [3.05, 3.63) is 59.9 Å². The number of phenolic OH excluding ortho intramolecular Hbond substituents is 1. The van der Waals surface area contributed by atoms with Crippen molar-refractivity contribution >= 4 is 17.5 Å². The smallest absolute Gasteiger partial charge is 0.262 e. The summed E-state index contributed by atoms with van der Waals surface area (Å²) in [6, 6.07) is 11.9. The van der Waals surface area contributed by atoms with E-state index in [1.807, 2.05) is 30.4 Å². The lowest BCUT2D eigenvalue weighted by Crippen LogP contribution is -2.43. The first kappa shape index (κ1) is 32.0. The number of aromatic nitrogens is 2. The second-order valence-corrected chi connectivity index (χ2v) is 11.1. The zero-order valence-corrected chi connectivity index (χ0v) is 25.6. The van der Waals surface area contributed by atoms with E-state index >= 15 is 0 Å². The second kappa shape index (κ2) is 16.1. The molecular weight excluding hydrogens is 546 g/mol. The number of hydrogen-bond acceptors (Lipinski definition) is 7. The highest BCUT2D eigenvalue weighted by atomic mass is 16.5. The summed E-state index contributed by atoms with van der Waals surface area (Å²) in [4.78, 5) is 26.8. The normalized spacial score (nSPS) is 13.2. The number of carbonyl (C=O) groups is 2. The van der Waals surface area contributed by atoms with E-state index in [9.17, 15) is 14.7 Å². The van der Waals surface area contributed by atoms with Crippen molar-refractivity contribution in [2.75, 3.05) is 44.8 Å². The van der Waals surface area contributed by atoms with Gasteiger partial charge < -0.3 is 30.1 Å². The number of aryl methyl sites for hydroxylation is 1. The first-order valence-electron chi connectivity index (χ1n) is 15.3. The minimum Gasteiger partial charge on any atom is -0.506 e. The van der Waals surface area contributed by atoms with Gasteiger partial charge in [-0.1, -0.05) is 50.1 Å². The number of rotatable bonds is 17. The Kier molecular flexibility index (Phi) is 12.0. The number of benzene rings is 2. The van der Waals surface area contributed by atoms with Gasteiger partial charge in [0.1, 0.15) is 11.4 Å². The molecule has 1 aliphatic heterocycles. The monoisotopic (exact) mass is 591 g/mol. The number of nitrogens with zero attached hydrogens (tertiary/aromatic N) is 3. The summed E-state index contributed by atoms with van der Waals surface area (Å²) in [5.74, 6) is 0.347. The molecule has 1 aromatic heterocycles. The maximum Gasteiger partial charge on any atom is 0.262 e. The van der Waals surface area contributed by atoms with Gasteiger partial charge in [-0.15, -0.1) is 0 Å². The van der Waals surface area contributed by atoms with Crippen LogP contribution in [-0.2, 0) is 34.2 Å². The van der Waals surface area contributed by atoms with Gasteiger partial charge in [0.05, 0.1) is 25.8 Å². The Morgan fingerprint density at radius 2 is 2.07 bits per heavy atom. The number of nitrogens with one attached hydrogen (secondary N) is 2. The third kappa shape index (κ3) is 9.30. The zero-order chi connectivity index (χ0) is 30.6. The van der Waals surface area contributed by atoms with Crippen LogP contribution in [0.15, 0.2) is 48.8 Å². The fourth-order valence-electron chi connectivity index (χ4n) is 5.28. The summed E-state index contributed by atoms with van der Waals surface area (Å²) in [5, 5.41) is 20.4. The Balaban J connectivity index is 1.20. The van der Waals surface area contributed by atoms with Gasteiger partial charge in [0.2, 0.25) is 5.91 Å². The predicted molar refractivity (Wildman–Crippen MR) is 167 cm³/mol. The molecule has 10 nitrogen and oxygen atoms in total. The molecule has 3 aromatic rings. The van der Waals surface area contributed by atoms with Crippen LogP contribution < -0.4 is 15.4 Å². The third-order valence-electron chi connectivity index (χ3n) is 7.72. The van der Waals surface area contributed by atoms with Gasteiger partial charge in [-0.3, -0.25) is 14.3 Å². The molecule has 0 unspecified atom stereocenters. The van der Waals surface area contributed by atoms with Crippen LogP contribution in [0.25, 0.3) is 11.1 Å². The van der Waals surface area contributed by atoms with Gasteiger partial charge in [0.15, 0.2) is 12.4 Å². The topological polar surface area (TPSA) is 118 Å².